The molecule has 0 fully saturated rings. The van der Waals surface area contributed by atoms with Crippen molar-refractivity contribution in [3.8, 4) is 0 Å². The number of nitrogen functional groups attached to an aromatic ring is 1. The maximum absolute atomic E-state index is 5.98. The SMILES string of the molecule is CCSCCC(C)n1c(N)nc2cnccc21. The van der Waals surface area contributed by atoms with Gasteiger partial charge in [-0.25, -0.2) is 4.98 Å². The second-order valence-electron chi connectivity index (χ2n) is 4.04. The Balaban J connectivity index is 2.24. The van der Waals surface area contributed by atoms with Crippen LogP contribution in [-0.4, -0.2) is 26.0 Å². The third kappa shape index (κ3) is 2.54. The number of nitrogens with two attached hydrogens (primary N) is 1. The van der Waals surface area contributed by atoms with Crippen molar-refractivity contribution in [1.82, 2.24) is 14.5 Å². The fourth-order valence-corrected chi connectivity index (χ4v) is 2.76. The van der Waals surface area contributed by atoms with Crippen molar-refractivity contribution in [2.75, 3.05) is 17.2 Å². The Morgan fingerprint density at radius 1 is 1.53 bits per heavy atom. The van der Waals surface area contributed by atoms with E-state index in [1.54, 1.807) is 12.4 Å². The molecule has 0 saturated carbocycles. The van der Waals surface area contributed by atoms with Crippen molar-refractivity contribution >= 4 is 28.7 Å². The van der Waals surface area contributed by atoms with Crippen LogP contribution in [0.1, 0.15) is 26.3 Å². The third-order valence-electron chi connectivity index (χ3n) is 2.84. The predicted molar refractivity (Wildman–Crippen MR) is 74.3 cm³/mol. The van der Waals surface area contributed by atoms with E-state index in [0.29, 0.717) is 12.0 Å². The average Bonchev–Trinajstić information content (AvgIpc) is 2.65. The van der Waals surface area contributed by atoms with Gasteiger partial charge in [0.25, 0.3) is 0 Å². The summed E-state index contributed by atoms with van der Waals surface area (Å²) in [4.78, 5) is 8.40. The summed E-state index contributed by atoms with van der Waals surface area (Å²) in [5, 5.41) is 0. The molecule has 0 radical (unpaired) electrons. The number of thioether (sulfide) groups is 1. The number of hydrogen-bond acceptors (Lipinski definition) is 4. The predicted octanol–water partition coefficient (Wildman–Crippen LogP) is 2.72. The number of rotatable bonds is 5. The number of imidazole rings is 1. The number of pyridine rings is 1. The highest BCUT2D eigenvalue weighted by Gasteiger charge is 2.13. The van der Waals surface area contributed by atoms with Gasteiger partial charge in [0.05, 0.1) is 11.7 Å². The van der Waals surface area contributed by atoms with Crippen LogP contribution >= 0.6 is 11.8 Å². The van der Waals surface area contributed by atoms with Gasteiger partial charge in [0.2, 0.25) is 5.95 Å². The fourth-order valence-electron chi connectivity index (χ4n) is 1.96. The van der Waals surface area contributed by atoms with Crippen LogP contribution < -0.4 is 5.73 Å². The van der Waals surface area contributed by atoms with E-state index in [1.165, 1.54) is 0 Å². The van der Waals surface area contributed by atoms with E-state index < -0.39 is 0 Å². The molecule has 1 atom stereocenters. The molecule has 0 aliphatic carbocycles. The molecule has 17 heavy (non-hydrogen) atoms. The van der Waals surface area contributed by atoms with Crippen molar-refractivity contribution < 1.29 is 0 Å². The van der Waals surface area contributed by atoms with Gasteiger partial charge in [-0.05, 0) is 30.9 Å². The Morgan fingerprint density at radius 2 is 2.35 bits per heavy atom. The Hall–Kier alpha value is -1.23. The molecule has 2 N–H and O–H groups in total. The minimum atomic E-state index is 0.376. The zero-order valence-electron chi connectivity index (χ0n) is 10.3. The van der Waals surface area contributed by atoms with Crippen LogP contribution in [0.2, 0.25) is 0 Å². The first kappa shape index (κ1) is 12.2. The molecule has 0 amide bonds. The lowest BCUT2D eigenvalue weighted by molar-refractivity contribution is 0.556. The highest BCUT2D eigenvalue weighted by molar-refractivity contribution is 7.99. The maximum atomic E-state index is 5.98. The molecule has 0 aliphatic rings. The first-order chi connectivity index (χ1) is 8.24. The van der Waals surface area contributed by atoms with Crippen molar-refractivity contribution in [1.29, 1.82) is 0 Å². The normalized spacial score (nSPS) is 13.1. The second-order valence-corrected chi connectivity index (χ2v) is 5.43. The largest absolute Gasteiger partial charge is 0.369 e. The van der Waals surface area contributed by atoms with E-state index in [2.05, 4.69) is 28.4 Å². The van der Waals surface area contributed by atoms with Crippen molar-refractivity contribution in [2.24, 2.45) is 0 Å². The maximum Gasteiger partial charge on any atom is 0.201 e. The summed E-state index contributed by atoms with van der Waals surface area (Å²) in [6, 6.07) is 2.35. The molecule has 92 valence electrons. The van der Waals surface area contributed by atoms with Crippen LogP contribution in [0.15, 0.2) is 18.5 Å². The molecule has 0 aromatic carbocycles. The van der Waals surface area contributed by atoms with Gasteiger partial charge in [-0.3, -0.25) is 4.98 Å². The van der Waals surface area contributed by atoms with Crippen LogP contribution in [0.4, 0.5) is 5.95 Å². The first-order valence-corrected chi connectivity index (χ1v) is 7.04. The summed E-state index contributed by atoms with van der Waals surface area (Å²) in [5.41, 5.74) is 7.93. The summed E-state index contributed by atoms with van der Waals surface area (Å²) in [5.74, 6) is 2.90. The molecule has 0 bridgehead atoms. The summed E-state index contributed by atoms with van der Waals surface area (Å²) in [7, 11) is 0. The van der Waals surface area contributed by atoms with Gasteiger partial charge in [0.1, 0.15) is 5.52 Å². The molecule has 2 rings (SSSR count). The topological polar surface area (TPSA) is 56.7 Å². The van der Waals surface area contributed by atoms with Crippen LogP contribution in [-0.2, 0) is 0 Å². The van der Waals surface area contributed by atoms with E-state index in [1.807, 2.05) is 17.8 Å². The van der Waals surface area contributed by atoms with E-state index in [0.717, 1.165) is 29.0 Å². The highest BCUT2D eigenvalue weighted by Crippen LogP contribution is 2.24. The van der Waals surface area contributed by atoms with E-state index in [9.17, 15) is 0 Å². The molecular weight excluding hydrogens is 232 g/mol. The smallest absolute Gasteiger partial charge is 0.201 e. The molecule has 0 aliphatic heterocycles. The fraction of sp³-hybridized carbons (Fsp3) is 0.500. The lowest BCUT2D eigenvalue weighted by Gasteiger charge is -2.15. The first-order valence-electron chi connectivity index (χ1n) is 5.89. The van der Waals surface area contributed by atoms with E-state index >= 15 is 0 Å². The zero-order valence-corrected chi connectivity index (χ0v) is 11.1. The number of anilines is 1. The molecule has 2 aromatic heterocycles. The molecule has 0 saturated heterocycles. The molecule has 2 aromatic rings. The van der Waals surface area contributed by atoms with Gasteiger partial charge in [0, 0.05) is 12.2 Å². The minimum Gasteiger partial charge on any atom is -0.369 e. The molecule has 4 nitrogen and oxygen atoms in total. The summed E-state index contributed by atoms with van der Waals surface area (Å²) >= 11 is 1.96. The van der Waals surface area contributed by atoms with Crippen molar-refractivity contribution in [3.05, 3.63) is 18.5 Å². The van der Waals surface area contributed by atoms with E-state index in [4.69, 9.17) is 5.73 Å². The summed E-state index contributed by atoms with van der Waals surface area (Å²) in [6.07, 6.45) is 4.65. The Kier molecular flexibility index (Phi) is 3.89. The van der Waals surface area contributed by atoms with Crippen molar-refractivity contribution in [3.63, 3.8) is 0 Å². The summed E-state index contributed by atoms with van der Waals surface area (Å²) in [6.45, 7) is 4.37. The number of fused-ring (bicyclic) bond motifs is 1. The Bertz CT molecular complexity index is 494. The Morgan fingerprint density at radius 3 is 3.12 bits per heavy atom. The monoisotopic (exact) mass is 250 g/mol. The van der Waals surface area contributed by atoms with Crippen molar-refractivity contribution in [2.45, 2.75) is 26.3 Å². The lowest BCUT2D eigenvalue weighted by atomic mass is 10.2. The number of nitrogens with zero attached hydrogens (tertiary/aromatic N) is 3. The van der Waals surface area contributed by atoms with Crippen LogP contribution in [0.25, 0.3) is 11.0 Å². The van der Waals surface area contributed by atoms with Crippen LogP contribution in [0.5, 0.6) is 0 Å². The quantitative estimate of drug-likeness (QED) is 0.829. The minimum absolute atomic E-state index is 0.376. The highest BCUT2D eigenvalue weighted by atomic mass is 32.2. The van der Waals surface area contributed by atoms with Gasteiger partial charge >= 0.3 is 0 Å². The van der Waals surface area contributed by atoms with Crippen LogP contribution in [0, 0.1) is 0 Å². The number of hydrogen-bond donors (Lipinski definition) is 1. The van der Waals surface area contributed by atoms with Gasteiger partial charge in [-0.2, -0.15) is 11.8 Å². The standard InChI is InChI=1S/C12H18N4S/c1-3-17-7-5-9(2)16-11-4-6-14-8-10(11)15-12(16)13/h4,6,8-9H,3,5,7H2,1-2H3,(H2,13,15). The van der Waals surface area contributed by atoms with Gasteiger partial charge in [-0.1, -0.05) is 6.92 Å². The van der Waals surface area contributed by atoms with Crippen LogP contribution in [0.3, 0.4) is 0 Å². The summed E-state index contributed by atoms with van der Waals surface area (Å²) < 4.78 is 2.10. The Labute approximate surface area is 106 Å². The van der Waals surface area contributed by atoms with Gasteiger partial charge in [-0.15, -0.1) is 0 Å². The molecule has 1 unspecified atom stereocenters. The molecular formula is C12H18N4S. The van der Waals surface area contributed by atoms with Gasteiger partial charge < -0.3 is 10.3 Å². The second kappa shape index (κ2) is 5.40. The lowest BCUT2D eigenvalue weighted by Crippen LogP contribution is -2.09. The third-order valence-corrected chi connectivity index (χ3v) is 3.78. The number of aromatic nitrogens is 3. The molecule has 0 spiro atoms. The zero-order chi connectivity index (χ0) is 12.3. The molecule has 2 heterocycles. The van der Waals surface area contributed by atoms with Gasteiger partial charge in [0.15, 0.2) is 0 Å². The average molecular weight is 250 g/mol. The molecule has 5 heteroatoms. The van der Waals surface area contributed by atoms with E-state index in [-0.39, 0.29) is 0 Å².